The molecule has 1 aromatic carbocycles. The lowest BCUT2D eigenvalue weighted by molar-refractivity contribution is -0.138. The summed E-state index contributed by atoms with van der Waals surface area (Å²) in [5.74, 6) is 0.128. The lowest BCUT2D eigenvalue weighted by Gasteiger charge is -2.22. The van der Waals surface area contributed by atoms with Gasteiger partial charge in [0, 0.05) is 11.8 Å². The lowest BCUT2D eigenvalue weighted by Crippen LogP contribution is -2.35. The summed E-state index contributed by atoms with van der Waals surface area (Å²) in [7, 11) is 0. The number of Topliss-reactive ketones (excluding diaryl/α,β-unsaturated/α-hetero) is 1. The maximum atomic E-state index is 12.0. The van der Waals surface area contributed by atoms with E-state index in [4.69, 9.17) is 0 Å². The zero-order chi connectivity index (χ0) is 10.6. The van der Waals surface area contributed by atoms with Gasteiger partial charge in [-0.3, -0.25) is 4.79 Å². The Kier molecular flexibility index (Phi) is 1.64. The van der Waals surface area contributed by atoms with Gasteiger partial charge in [-0.2, -0.15) is 0 Å². The van der Waals surface area contributed by atoms with Gasteiger partial charge in [0.15, 0.2) is 11.4 Å². The highest BCUT2D eigenvalue weighted by Gasteiger charge is 2.57. The normalized spacial score (nSPS) is 37.9. The third-order valence-electron chi connectivity index (χ3n) is 3.95. The minimum atomic E-state index is -1.17. The van der Waals surface area contributed by atoms with Crippen molar-refractivity contribution in [1.82, 2.24) is 0 Å². The summed E-state index contributed by atoms with van der Waals surface area (Å²) < 4.78 is 0. The Morgan fingerprint density at radius 2 is 2.13 bits per heavy atom. The van der Waals surface area contributed by atoms with Crippen LogP contribution in [0.1, 0.15) is 24.5 Å². The fourth-order valence-corrected chi connectivity index (χ4v) is 3.20. The molecule has 0 aromatic heterocycles. The van der Waals surface area contributed by atoms with Gasteiger partial charge in [0.1, 0.15) is 0 Å². The van der Waals surface area contributed by atoms with Crippen molar-refractivity contribution in [3.63, 3.8) is 0 Å². The van der Waals surface area contributed by atoms with E-state index in [0.717, 1.165) is 24.0 Å². The van der Waals surface area contributed by atoms with Crippen LogP contribution < -0.4 is 0 Å². The standard InChI is InChI=1S/C13H14O2/c1-8-6-10-7-9-4-2-3-5-11(9)13(10,15)12(8)14/h2-5,8,10,15H,6-7H2,1H3/t8?,10-,13+/m1/s1. The van der Waals surface area contributed by atoms with Gasteiger partial charge in [0.2, 0.25) is 0 Å². The molecule has 1 unspecified atom stereocenters. The number of carbonyl (C=O) groups is 1. The Morgan fingerprint density at radius 1 is 1.40 bits per heavy atom. The molecule has 2 heteroatoms. The first-order valence-corrected chi connectivity index (χ1v) is 5.49. The Labute approximate surface area is 88.9 Å². The van der Waals surface area contributed by atoms with Crippen molar-refractivity contribution in [2.24, 2.45) is 11.8 Å². The van der Waals surface area contributed by atoms with Crippen LogP contribution in [0, 0.1) is 11.8 Å². The van der Waals surface area contributed by atoms with E-state index >= 15 is 0 Å². The second-order valence-corrected chi connectivity index (χ2v) is 4.83. The number of rotatable bonds is 0. The zero-order valence-electron chi connectivity index (χ0n) is 8.73. The maximum absolute atomic E-state index is 12.0. The largest absolute Gasteiger partial charge is 0.377 e. The van der Waals surface area contributed by atoms with Gasteiger partial charge in [-0.25, -0.2) is 0 Å². The van der Waals surface area contributed by atoms with Gasteiger partial charge < -0.3 is 5.11 Å². The van der Waals surface area contributed by atoms with Gasteiger partial charge in [0.05, 0.1) is 0 Å². The molecule has 78 valence electrons. The molecular formula is C13H14O2. The van der Waals surface area contributed by atoms with Crippen LogP contribution in [0.4, 0.5) is 0 Å². The number of hydrogen-bond acceptors (Lipinski definition) is 2. The van der Waals surface area contributed by atoms with E-state index < -0.39 is 5.60 Å². The first-order valence-electron chi connectivity index (χ1n) is 5.49. The quantitative estimate of drug-likeness (QED) is 0.694. The highest BCUT2D eigenvalue weighted by atomic mass is 16.3. The number of hydrogen-bond donors (Lipinski definition) is 1. The highest BCUT2D eigenvalue weighted by Crippen LogP contribution is 2.51. The number of fused-ring (bicyclic) bond motifs is 3. The number of benzene rings is 1. The van der Waals surface area contributed by atoms with Gasteiger partial charge in [-0.1, -0.05) is 31.2 Å². The minimum Gasteiger partial charge on any atom is -0.377 e. The molecule has 0 bridgehead atoms. The minimum absolute atomic E-state index is 0.00774. The van der Waals surface area contributed by atoms with Crippen LogP contribution in [0.15, 0.2) is 24.3 Å². The summed E-state index contributed by atoms with van der Waals surface area (Å²) in [6.07, 6.45) is 1.67. The Hall–Kier alpha value is -1.15. The molecular weight excluding hydrogens is 188 g/mol. The summed E-state index contributed by atoms with van der Waals surface area (Å²) >= 11 is 0. The monoisotopic (exact) mass is 202 g/mol. The van der Waals surface area contributed by atoms with Crippen LogP contribution in [-0.4, -0.2) is 10.9 Å². The zero-order valence-corrected chi connectivity index (χ0v) is 8.73. The summed E-state index contributed by atoms with van der Waals surface area (Å²) in [5, 5.41) is 10.6. The van der Waals surface area contributed by atoms with E-state index in [1.807, 2.05) is 31.2 Å². The van der Waals surface area contributed by atoms with Gasteiger partial charge in [-0.15, -0.1) is 0 Å². The van der Waals surface area contributed by atoms with Crippen molar-refractivity contribution in [2.45, 2.75) is 25.4 Å². The molecule has 0 radical (unpaired) electrons. The van der Waals surface area contributed by atoms with Crippen LogP contribution in [-0.2, 0) is 16.8 Å². The summed E-state index contributed by atoms with van der Waals surface area (Å²) in [4.78, 5) is 12.0. The molecule has 1 fully saturated rings. The van der Waals surface area contributed by atoms with E-state index in [2.05, 4.69) is 0 Å². The molecule has 15 heavy (non-hydrogen) atoms. The Morgan fingerprint density at radius 3 is 2.93 bits per heavy atom. The summed E-state index contributed by atoms with van der Waals surface area (Å²) in [6, 6.07) is 7.78. The van der Waals surface area contributed by atoms with E-state index in [1.54, 1.807) is 0 Å². The molecule has 0 heterocycles. The Bertz CT molecular complexity index is 438. The first-order chi connectivity index (χ1) is 7.14. The molecule has 0 amide bonds. The lowest BCUT2D eigenvalue weighted by atomic mass is 9.89. The van der Waals surface area contributed by atoms with Crippen molar-refractivity contribution in [3.05, 3.63) is 35.4 Å². The van der Waals surface area contributed by atoms with Crippen molar-refractivity contribution in [3.8, 4) is 0 Å². The van der Waals surface area contributed by atoms with Gasteiger partial charge in [-0.05, 0) is 24.0 Å². The van der Waals surface area contributed by atoms with Crippen molar-refractivity contribution in [2.75, 3.05) is 0 Å². The second-order valence-electron chi connectivity index (χ2n) is 4.83. The molecule has 1 saturated carbocycles. The topological polar surface area (TPSA) is 37.3 Å². The van der Waals surface area contributed by atoms with E-state index in [-0.39, 0.29) is 17.6 Å². The van der Waals surface area contributed by atoms with Crippen molar-refractivity contribution < 1.29 is 9.90 Å². The second kappa shape index (κ2) is 2.70. The molecule has 0 aliphatic heterocycles. The smallest absolute Gasteiger partial charge is 0.172 e. The van der Waals surface area contributed by atoms with E-state index in [9.17, 15) is 9.90 Å². The molecule has 3 atom stereocenters. The predicted molar refractivity (Wildman–Crippen MR) is 56.3 cm³/mol. The van der Waals surface area contributed by atoms with Crippen LogP contribution in [0.25, 0.3) is 0 Å². The third-order valence-corrected chi connectivity index (χ3v) is 3.95. The van der Waals surface area contributed by atoms with Gasteiger partial charge in [0.25, 0.3) is 0 Å². The molecule has 2 aliphatic carbocycles. The Balaban J connectivity index is 2.19. The van der Waals surface area contributed by atoms with Crippen LogP contribution >= 0.6 is 0 Å². The fourth-order valence-electron chi connectivity index (χ4n) is 3.20. The third kappa shape index (κ3) is 0.953. The molecule has 1 aromatic rings. The van der Waals surface area contributed by atoms with Crippen LogP contribution in [0.5, 0.6) is 0 Å². The molecule has 0 saturated heterocycles. The van der Waals surface area contributed by atoms with Crippen molar-refractivity contribution >= 4 is 5.78 Å². The first kappa shape index (κ1) is 9.10. The average Bonchev–Trinajstić information content (AvgIpc) is 2.63. The molecule has 2 aliphatic rings. The molecule has 2 nitrogen and oxygen atoms in total. The molecule has 3 rings (SSSR count). The summed E-state index contributed by atoms with van der Waals surface area (Å²) in [5.41, 5.74) is 0.824. The van der Waals surface area contributed by atoms with E-state index in [0.29, 0.717) is 0 Å². The summed E-state index contributed by atoms with van der Waals surface area (Å²) in [6.45, 7) is 1.92. The predicted octanol–water partition coefficient (Wildman–Crippen LogP) is 1.66. The van der Waals surface area contributed by atoms with Crippen LogP contribution in [0.3, 0.4) is 0 Å². The number of carbonyl (C=O) groups excluding carboxylic acids is 1. The SMILES string of the molecule is CC1C[C@@H]2Cc3ccccc3[C@]2(O)C1=O. The number of aliphatic hydroxyl groups is 1. The van der Waals surface area contributed by atoms with Crippen LogP contribution in [0.2, 0.25) is 0 Å². The van der Waals surface area contributed by atoms with E-state index in [1.165, 1.54) is 0 Å². The highest BCUT2D eigenvalue weighted by molar-refractivity contribution is 5.94. The molecule has 1 N–H and O–H groups in total. The maximum Gasteiger partial charge on any atom is 0.172 e. The fraction of sp³-hybridized carbons (Fsp3) is 0.462. The average molecular weight is 202 g/mol. The van der Waals surface area contributed by atoms with Crippen molar-refractivity contribution in [1.29, 1.82) is 0 Å². The number of ketones is 1. The van der Waals surface area contributed by atoms with Gasteiger partial charge >= 0.3 is 0 Å². The molecule has 0 spiro atoms.